The van der Waals surface area contributed by atoms with E-state index in [-0.39, 0.29) is 5.78 Å². The summed E-state index contributed by atoms with van der Waals surface area (Å²) in [5, 5.41) is 0. The number of carbonyl (C=O) groups excluding carboxylic acids is 1. The molecule has 1 fully saturated rings. The number of Topliss-reactive ketones (excluding diaryl/α,β-unsaturated/α-hetero) is 1. The molecule has 1 unspecified atom stereocenters. The van der Waals surface area contributed by atoms with E-state index in [0.717, 1.165) is 13.1 Å². The second kappa shape index (κ2) is 4.66. The minimum absolute atomic E-state index is 0.00738. The standard InChI is InChI=1S/C13H18N2O/c1-10(14)13(16)11-4-6-12(7-5-11)15-8-2-3-9-15/h4-7,10H,2-3,8-9,14H2,1H3. The topological polar surface area (TPSA) is 46.3 Å². The Morgan fingerprint density at radius 3 is 2.31 bits per heavy atom. The Labute approximate surface area is 96.2 Å². The zero-order chi connectivity index (χ0) is 11.5. The molecule has 0 aliphatic carbocycles. The first-order chi connectivity index (χ1) is 7.68. The molecular formula is C13H18N2O. The summed E-state index contributed by atoms with van der Waals surface area (Å²) in [5.74, 6) is 0.00738. The van der Waals surface area contributed by atoms with Gasteiger partial charge in [0.1, 0.15) is 0 Å². The van der Waals surface area contributed by atoms with E-state index in [2.05, 4.69) is 4.90 Å². The molecule has 0 spiro atoms. The molecule has 1 saturated heterocycles. The van der Waals surface area contributed by atoms with E-state index in [9.17, 15) is 4.79 Å². The second-order valence-corrected chi connectivity index (χ2v) is 4.39. The highest BCUT2D eigenvalue weighted by molar-refractivity contribution is 5.99. The van der Waals surface area contributed by atoms with Gasteiger partial charge in [0, 0.05) is 24.3 Å². The predicted molar refractivity (Wildman–Crippen MR) is 65.9 cm³/mol. The van der Waals surface area contributed by atoms with Crippen molar-refractivity contribution in [3.05, 3.63) is 29.8 Å². The third kappa shape index (κ3) is 2.25. The van der Waals surface area contributed by atoms with Crippen molar-refractivity contribution >= 4 is 11.5 Å². The van der Waals surface area contributed by atoms with Gasteiger partial charge in [-0.3, -0.25) is 4.79 Å². The zero-order valence-corrected chi connectivity index (χ0v) is 9.65. The van der Waals surface area contributed by atoms with E-state index in [4.69, 9.17) is 5.73 Å². The van der Waals surface area contributed by atoms with E-state index in [1.165, 1.54) is 18.5 Å². The van der Waals surface area contributed by atoms with E-state index in [1.54, 1.807) is 6.92 Å². The minimum Gasteiger partial charge on any atom is -0.372 e. The van der Waals surface area contributed by atoms with Crippen LogP contribution in [0.15, 0.2) is 24.3 Å². The monoisotopic (exact) mass is 218 g/mol. The summed E-state index contributed by atoms with van der Waals surface area (Å²) in [5.41, 5.74) is 7.48. The minimum atomic E-state index is -0.419. The lowest BCUT2D eigenvalue weighted by Gasteiger charge is -2.17. The van der Waals surface area contributed by atoms with Crippen molar-refractivity contribution in [3.63, 3.8) is 0 Å². The third-order valence-corrected chi connectivity index (χ3v) is 3.04. The molecule has 0 bridgehead atoms. The van der Waals surface area contributed by atoms with Gasteiger partial charge in [0.15, 0.2) is 5.78 Å². The quantitative estimate of drug-likeness (QED) is 0.787. The molecule has 1 aliphatic heterocycles. The molecule has 86 valence electrons. The number of rotatable bonds is 3. The van der Waals surface area contributed by atoms with Crippen molar-refractivity contribution < 1.29 is 4.79 Å². The largest absolute Gasteiger partial charge is 0.372 e. The van der Waals surface area contributed by atoms with Crippen LogP contribution in [-0.4, -0.2) is 24.9 Å². The smallest absolute Gasteiger partial charge is 0.179 e. The summed E-state index contributed by atoms with van der Waals surface area (Å²) in [6.45, 7) is 3.97. The number of hydrogen-bond donors (Lipinski definition) is 1. The van der Waals surface area contributed by atoms with Crippen LogP contribution in [0.5, 0.6) is 0 Å². The molecule has 2 rings (SSSR count). The highest BCUT2D eigenvalue weighted by Gasteiger charge is 2.14. The maximum Gasteiger partial charge on any atom is 0.179 e. The van der Waals surface area contributed by atoms with Crippen molar-refractivity contribution in [2.45, 2.75) is 25.8 Å². The number of nitrogens with two attached hydrogens (primary N) is 1. The number of hydrogen-bond acceptors (Lipinski definition) is 3. The highest BCUT2D eigenvalue weighted by Crippen LogP contribution is 2.20. The van der Waals surface area contributed by atoms with Crippen molar-refractivity contribution in [2.75, 3.05) is 18.0 Å². The van der Waals surface area contributed by atoms with Gasteiger partial charge in [0.05, 0.1) is 6.04 Å². The number of carbonyl (C=O) groups is 1. The molecule has 1 aromatic carbocycles. The van der Waals surface area contributed by atoms with Gasteiger partial charge in [-0.1, -0.05) is 0 Å². The number of anilines is 1. The fraction of sp³-hybridized carbons (Fsp3) is 0.462. The average molecular weight is 218 g/mol. The van der Waals surface area contributed by atoms with Gasteiger partial charge >= 0.3 is 0 Å². The summed E-state index contributed by atoms with van der Waals surface area (Å²) in [7, 11) is 0. The Kier molecular flexibility index (Phi) is 3.25. The SMILES string of the molecule is CC(N)C(=O)c1ccc(N2CCCC2)cc1. The first-order valence-corrected chi connectivity index (χ1v) is 5.83. The van der Waals surface area contributed by atoms with Gasteiger partial charge < -0.3 is 10.6 Å². The molecule has 0 amide bonds. The lowest BCUT2D eigenvalue weighted by atomic mass is 10.1. The molecule has 1 atom stereocenters. The molecule has 1 aromatic rings. The Bertz CT molecular complexity index is 364. The highest BCUT2D eigenvalue weighted by atomic mass is 16.1. The van der Waals surface area contributed by atoms with Crippen molar-refractivity contribution in [1.29, 1.82) is 0 Å². The van der Waals surface area contributed by atoms with Crippen molar-refractivity contribution in [2.24, 2.45) is 5.73 Å². The molecule has 0 radical (unpaired) electrons. The second-order valence-electron chi connectivity index (χ2n) is 4.39. The molecule has 0 saturated carbocycles. The van der Waals surface area contributed by atoms with Crippen LogP contribution in [0.4, 0.5) is 5.69 Å². The molecule has 1 heterocycles. The van der Waals surface area contributed by atoms with E-state index in [1.807, 2.05) is 24.3 Å². The average Bonchev–Trinajstić information content (AvgIpc) is 2.81. The number of benzene rings is 1. The summed E-state index contributed by atoms with van der Waals surface area (Å²) < 4.78 is 0. The molecule has 3 heteroatoms. The van der Waals surface area contributed by atoms with Gasteiger partial charge in [-0.25, -0.2) is 0 Å². The van der Waals surface area contributed by atoms with Crippen LogP contribution in [0.25, 0.3) is 0 Å². The zero-order valence-electron chi connectivity index (χ0n) is 9.65. The molecule has 16 heavy (non-hydrogen) atoms. The van der Waals surface area contributed by atoms with Crippen LogP contribution in [0.2, 0.25) is 0 Å². The number of ketones is 1. The first-order valence-electron chi connectivity index (χ1n) is 5.83. The molecule has 2 N–H and O–H groups in total. The van der Waals surface area contributed by atoms with Crippen LogP contribution >= 0.6 is 0 Å². The van der Waals surface area contributed by atoms with Crippen molar-refractivity contribution in [1.82, 2.24) is 0 Å². The van der Waals surface area contributed by atoms with Crippen molar-refractivity contribution in [3.8, 4) is 0 Å². The summed E-state index contributed by atoms with van der Waals surface area (Å²) in [6.07, 6.45) is 2.53. The van der Waals surface area contributed by atoms with Gasteiger partial charge in [-0.15, -0.1) is 0 Å². The summed E-state index contributed by atoms with van der Waals surface area (Å²) in [4.78, 5) is 14.0. The third-order valence-electron chi connectivity index (χ3n) is 3.04. The van der Waals surface area contributed by atoms with E-state index < -0.39 is 6.04 Å². The van der Waals surface area contributed by atoms with Gasteiger partial charge in [-0.2, -0.15) is 0 Å². The normalized spacial score (nSPS) is 17.5. The first kappa shape index (κ1) is 11.1. The van der Waals surface area contributed by atoms with E-state index in [0.29, 0.717) is 5.56 Å². The van der Waals surface area contributed by atoms with Crippen LogP contribution in [0, 0.1) is 0 Å². The van der Waals surface area contributed by atoms with Crippen LogP contribution in [0.1, 0.15) is 30.1 Å². The van der Waals surface area contributed by atoms with Crippen LogP contribution in [0.3, 0.4) is 0 Å². The Morgan fingerprint density at radius 2 is 1.81 bits per heavy atom. The van der Waals surface area contributed by atoms with Crippen LogP contribution in [-0.2, 0) is 0 Å². The molecule has 1 aliphatic rings. The van der Waals surface area contributed by atoms with E-state index >= 15 is 0 Å². The molecular weight excluding hydrogens is 200 g/mol. The Balaban J connectivity index is 2.12. The fourth-order valence-corrected chi connectivity index (χ4v) is 2.07. The van der Waals surface area contributed by atoms with Gasteiger partial charge in [0.2, 0.25) is 0 Å². The fourth-order valence-electron chi connectivity index (χ4n) is 2.07. The molecule has 3 nitrogen and oxygen atoms in total. The lowest BCUT2D eigenvalue weighted by Crippen LogP contribution is -2.26. The van der Waals surface area contributed by atoms with Gasteiger partial charge in [0.25, 0.3) is 0 Å². The predicted octanol–water partition coefficient (Wildman–Crippen LogP) is 1.82. The molecule has 0 aromatic heterocycles. The Hall–Kier alpha value is -1.35. The maximum absolute atomic E-state index is 11.6. The number of nitrogens with zero attached hydrogens (tertiary/aromatic N) is 1. The van der Waals surface area contributed by atoms with Crippen LogP contribution < -0.4 is 10.6 Å². The summed E-state index contributed by atoms with van der Waals surface area (Å²) in [6, 6.07) is 7.36. The van der Waals surface area contributed by atoms with Gasteiger partial charge in [-0.05, 0) is 44.0 Å². The maximum atomic E-state index is 11.6. The summed E-state index contributed by atoms with van der Waals surface area (Å²) >= 11 is 0. The Morgan fingerprint density at radius 1 is 1.25 bits per heavy atom. The lowest BCUT2D eigenvalue weighted by molar-refractivity contribution is 0.0968.